The first-order valence-corrected chi connectivity index (χ1v) is 14.9. The van der Waals surface area contributed by atoms with E-state index in [2.05, 4.69) is 45.0 Å². The number of aromatic nitrogens is 2. The van der Waals surface area contributed by atoms with Crippen LogP contribution in [0.5, 0.6) is 0 Å². The molecule has 0 saturated carbocycles. The van der Waals surface area contributed by atoms with E-state index in [1.165, 1.54) is 29.5 Å². The van der Waals surface area contributed by atoms with Crippen molar-refractivity contribution in [2.24, 2.45) is 5.92 Å². The summed E-state index contributed by atoms with van der Waals surface area (Å²) in [4.78, 5) is 17.1. The monoisotopic (exact) mass is 535 g/mol. The van der Waals surface area contributed by atoms with E-state index in [1.807, 2.05) is 59.0 Å². The summed E-state index contributed by atoms with van der Waals surface area (Å²) in [5.41, 5.74) is 3.77. The van der Waals surface area contributed by atoms with E-state index < -0.39 is 0 Å². The van der Waals surface area contributed by atoms with Crippen molar-refractivity contribution in [2.75, 3.05) is 12.3 Å². The van der Waals surface area contributed by atoms with Gasteiger partial charge in [-0.1, -0.05) is 94.3 Å². The number of amides is 1. The molecule has 0 aliphatic carbocycles. The normalized spacial score (nSPS) is 15.8. The molecule has 0 bridgehead atoms. The van der Waals surface area contributed by atoms with Gasteiger partial charge in [0, 0.05) is 28.8 Å². The molecule has 4 rings (SSSR count). The van der Waals surface area contributed by atoms with E-state index in [0.717, 1.165) is 41.1 Å². The van der Waals surface area contributed by atoms with Crippen LogP contribution >= 0.6 is 35.7 Å². The zero-order valence-electron chi connectivity index (χ0n) is 21.1. The summed E-state index contributed by atoms with van der Waals surface area (Å²) in [6, 6.07) is 18.5. The third-order valence-electron chi connectivity index (χ3n) is 6.35. The molecule has 4 nitrogen and oxygen atoms in total. The molecule has 1 aromatic heterocycles. The molecule has 1 fully saturated rings. The lowest BCUT2D eigenvalue weighted by atomic mass is 9.99. The number of carbonyl (C=O) groups is 1. The van der Waals surface area contributed by atoms with Crippen LogP contribution in [0.3, 0.4) is 0 Å². The zero-order valence-corrected chi connectivity index (χ0v) is 23.6. The Labute approximate surface area is 228 Å². The highest BCUT2D eigenvalue weighted by molar-refractivity contribution is 8.26. The molecule has 3 aromatic rings. The number of thioether (sulfide) groups is 2. The second-order valence-electron chi connectivity index (χ2n) is 8.88. The summed E-state index contributed by atoms with van der Waals surface area (Å²) in [6.07, 6.45) is 8.49. The van der Waals surface area contributed by atoms with E-state index >= 15 is 0 Å². The Balaban J connectivity index is 1.67. The van der Waals surface area contributed by atoms with Crippen molar-refractivity contribution in [3.05, 3.63) is 71.3 Å². The predicted octanol–water partition coefficient (Wildman–Crippen LogP) is 8.07. The van der Waals surface area contributed by atoms with Crippen molar-refractivity contribution in [1.29, 1.82) is 0 Å². The third kappa shape index (κ3) is 6.31. The lowest BCUT2D eigenvalue weighted by molar-refractivity contribution is -0.122. The molecule has 1 unspecified atom stereocenters. The molecule has 7 heteroatoms. The van der Waals surface area contributed by atoms with Crippen molar-refractivity contribution in [1.82, 2.24) is 14.7 Å². The first-order chi connectivity index (χ1) is 17.5. The summed E-state index contributed by atoms with van der Waals surface area (Å²) >= 11 is 8.86. The number of carbonyl (C=O) groups excluding carboxylic acids is 1. The Morgan fingerprint density at radius 1 is 1.08 bits per heavy atom. The molecule has 188 valence electrons. The third-order valence-corrected chi connectivity index (χ3v) is 8.62. The van der Waals surface area contributed by atoms with Gasteiger partial charge >= 0.3 is 0 Å². The smallest absolute Gasteiger partial charge is 0.266 e. The van der Waals surface area contributed by atoms with Crippen molar-refractivity contribution >= 4 is 52.0 Å². The number of para-hydroxylation sites is 1. The molecule has 1 aliphatic heterocycles. The fraction of sp³-hybridized carbons (Fsp3) is 0.345. The molecular weight excluding hydrogens is 503 g/mol. The summed E-state index contributed by atoms with van der Waals surface area (Å²) in [6.45, 7) is 7.26. The van der Waals surface area contributed by atoms with Crippen LogP contribution < -0.4 is 0 Å². The molecule has 1 amide bonds. The van der Waals surface area contributed by atoms with E-state index in [1.54, 1.807) is 4.90 Å². The maximum absolute atomic E-state index is 13.4. The van der Waals surface area contributed by atoms with Crippen molar-refractivity contribution < 1.29 is 4.79 Å². The van der Waals surface area contributed by atoms with E-state index in [0.29, 0.717) is 21.7 Å². The fourth-order valence-electron chi connectivity index (χ4n) is 4.28. The lowest BCUT2D eigenvalue weighted by Crippen LogP contribution is -2.33. The van der Waals surface area contributed by atoms with Gasteiger partial charge in [-0.3, -0.25) is 9.69 Å². The molecule has 0 radical (unpaired) electrons. The van der Waals surface area contributed by atoms with Crippen LogP contribution in [0.25, 0.3) is 23.0 Å². The first kappa shape index (κ1) is 26.7. The summed E-state index contributed by atoms with van der Waals surface area (Å²) in [7, 11) is 0. The first-order valence-electron chi connectivity index (χ1n) is 12.7. The second kappa shape index (κ2) is 12.7. The van der Waals surface area contributed by atoms with Gasteiger partial charge in [0.1, 0.15) is 4.32 Å². The number of unbranched alkanes of at least 4 members (excludes halogenated alkanes) is 1. The Morgan fingerprint density at radius 3 is 2.50 bits per heavy atom. The Hall–Kier alpha value is -2.35. The fourth-order valence-corrected chi connectivity index (χ4v) is 6.21. The molecule has 1 atom stereocenters. The number of nitrogens with zero attached hydrogens (tertiary/aromatic N) is 3. The number of hydrogen-bond acceptors (Lipinski definition) is 5. The number of hydrogen-bond donors (Lipinski definition) is 0. The van der Waals surface area contributed by atoms with E-state index in [-0.39, 0.29) is 5.91 Å². The van der Waals surface area contributed by atoms with Gasteiger partial charge in [-0.05, 0) is 48.4 Å². The summed E-state index contributed by atoms with van der Waals surface area (Å²) in [5, 5.41) is 4.93. The Morgan fingerprint density at radius 2 is 1.83 bits per heavy atom. The zero-order chi connectivity index (χ0) is 25.5. The minimum Gasteiger partial charge on any atom is -0.293 e. The summed E-state index contributed by atoms with van der Waals surface area (Å²) in [5.74, 6) is 1.52. The van der Waals surface area contributed by atoms with Crippen molar-refractivity contribution in [3.8, 4) is 16.9 Å². The SMILES string of the molecule is CCCCC(CC)CN1C(=O)C(=Cc2cn(-c3ccccc3)nc2-c2ccc(SCC)cc2)SC1=S. The van der Waals surface area contributed by atoms with Gasteiger partial charge in [0.05, 0.1) is 16.3 Å². The molecule has 0 spiro atoms. The van der Waals surface area contributed by atoms with Crippen LogP contribution in [0.2, 0.25) is 0 Å². The van der Waals surface area contributed by atoms with Crippen LogP contribution in [0, 0.1) is 5.92 Å². The molecule has 1 aliphatic rings. The van der Waals surface area contributed by atoms with Crippen LogP contribution in [0.15, 0.2) is 70.6 Å². The number of rotatable bonds is 11. The van der Waals surface area contributed by atoms with Gasteiger partial charge in [0.25, 0.3) is 5.91 Å². The van der Waals surface area contributed by atoms with Gasteiger partial charge < -0.3 is 0 Å². The topological polar surface area (TPSA) is 38.1 Å². The van der Waals surface area contributed by atoms with Crippen molar-refractivity contribution in [3.63, 3.8) is 0 Å². The van der Waals surface area contributed by atoms with Crippen molar-refractivity contribution in [2.45, 2.75) is 51.3 Å². The van der Waals surface area contributed by atoms with Crippen LogP contribution in [0.1, 0.15) is 52.0 Å². The highest BCUT2D eigenvalue weighted by Gasteiger charge is 2.33. The Bertz CT molecular complexity index is 1220. The molecule has 0 N–H and O–H groups in total. The van der Waals surface area contributed by atoms with Gasteiger partial charge in [-0.15, -0.1) is 11.8 Å². The molecule has 1 saturated heterocycles. The molecular formula is C29H33N3OS3. The maximum atomic E-state index is 13.4. The van der Waals surface area contributed by atoms with Crippen LogP contribution in [-0.4, -0.2) is 37.2 Å². The highest BCUT2D eigenvalue weighted by Crippen LogP contribution is 2.36. The quantitative estimate of drug-likeness (QED) is 0.141. The number of benzene rings is 2. The van der Waals surface area contributed by atoms with Gasteiger partial charge in [-0.25, -0.2) is 4.68 Å². The van der Waals surface area contributed by atoms with Gasteiger partial charge in [0.15, 0.2) is 0 Å². The minimum atomic E-state index is 0.00746. The largest absolute Gasteiger partial charge is 0.293 e. The van der Waals surface area contributed by atoms with Gasteiger partial charge in [-0.2, -0.15) is 5.10 Å². The maximum Gasteiger partial charge on any atom is 0.266 e. The predicted molar refractivity (Wildman–Crippen MR) is 159 cm³/mol. The molecule has 2 aromatic carbocycles. The Kier molecular flexibility index (Phi) is 9.46. The standard InChI is InChI=1S/C29H33N3OS3/c1-4-7-11-21(5-2)19-31-28(33)26(36-29(31)34)18-23-20-32(24-12-9-8-10-13-24)30-27(23)22-14-16-25(17-15-22)35-6-3/h8-10,12-18,20-21H,4-7,11,19H2,1-3H3. The summed E-state index contributed by atoms with van der Waals surface area (Å²) < 4.78 is 2.54. The molecule has 36 heavy (non-hydrogen) atoms. The van der Waals surface area contributed by atoms with E-state index in [9.17, 15) is 4.79 Å². The average molecular weight is 536 g/mol. The number of thiocarbonyl (C=S) groups is 1. The highest BCUT2D eigenvalue weighted by atomic mass is 32.2. The van der Waals surface area contributed by atoms with E-state index in [4.69, 9.17) is 17.3 Å². The molecule has 2 heterocycles. The van der Waals surface area contributed by atoms with Crippen LogP contribution in [-0.2, 0) is 4.79 Å². The minimum absolute atomic E-state index is 0.00746. The average Bonchev–Trinajstić information content (AvgIpc) is 3.44. The second-order valence-corrected chi connectivity index (χ2v) is 11.9. The van der Waals surface area contributed by atoms with Gasteiger partial charge in [0.2, 0.25) is 0 Å². The van der Waals surface area contributed by atoms with Crippen LogP contribution in [0.4, 0.5) is 0 Å². The lowest BCUT2D eigenvalue weighted by Gasteiger charge is -2.21.